The van der Waals surface area contributed by atoms with Crippen LogP contribution in [0.5, 0.6) is 0 Å². The van der Waals surface area contributed by atoms with E-state index < -0.39 is 0 Å². The summed E-state index contributed by atoms with van der Waals surface area (Å²) < 4.78 is 5.46. The van der Waals surface area contributed by atoms with Crippen molar-refractivity contribution in [3.63, 3.8) is 0 Å². The van der Waals surface area contributed by atoms with Crippen molar-refractivity contribution in [2.75, 3.05) is 0 Å². The Morgan fingerprint density at radius 1 is 1.00 bits per heavy atom. The molecule has 0 aliphatic rings. The van der Waals surface area contributed by atoms with Crippen LogP contribution in [0.15, 0.2) is 67.4 Å². The second-order valence-corrected chi connectivity index (χ2v) is 10.7. The molecule has 0 aliphatic carbocycles. The van der Waals surface area contributed by atoms with Crippen molar-refractivity contribution in [3.05, 3.63) is 90.6 Å². The minimum Gasteiger partial charge on any atom is -0.318 e. The van der Waals surface area contributed by atoms with E-state index in [1.54, 1.807) is 12.3 Å². The van der Waals surface area contributed by atoms with Gasteiger partial charge in [0.15, 0.2) is 0 Å². The van der Waals surface area contributed by atoms with Crippen molar-refractivity contribution in [2.24, 2.45) is 5.10 Å². The Morgan fingerprint density at radius 2 is 1.72 bits per heavy atom. The first kappa shape index (κ1) is 22.7. The van der Waals surface area contributed by atoms with Gasteiger partial charge < -0.3 is 4.57 Å². The zero-order valence-corrected chi connectivity index (χ0v) is 21.8. The minimum absolute atomic E-state index is 0.182. The van der Waals surface area contributed by atoms with E-state index in [0.29, 0.717) is 16.7 Å². The first-order chi connectivity index (χ1) is 15.1. The maximum atomic E-state index is 13.4. The Bertz CT molecular complexity index is 1420. The molecule has 4 aromatic rings. The van der Waals surface area contributed by atoms with Gasteiger partial charge in [0.1, 0.15) is 5.82 Å². The summed E-state index contributed by atoms with van der Waals surface area (Å²) >= 11 is 7.00. The highest BCUT2D eigenvalue weighted by molar-refractivity contribution is 9.10. The third-order valence-corrected chi connectivity index (χ3v) is 6.31. The molecule has 0 saturated heterocycles. The monoisotopic (exact) mass is 554 g/mol. The predicted octanol–water partition coefficient (Wildman–Crippen LogP) is 6.51. The fraction of sp³-hybridized carbons (Fsp3) is 0.240. The third kappa shape index (κ3) is 4.24. The molecule has 2 aromatic heterocycles. The molecule has 0 fully saturated rings. The van der Waals surface area contributed by atoms with Crippen molar-refractivity contribution < 1.29 is 0 Å². The Hall–Kier alpha value is -2.51. The lowest BCUT2D eigenvalue weighted by atomic mass is 9.95. The number of nitrogens with zero attached hydrogens (tertiary/aromatic N) is 4. The molecule has 32 heavy (non-hydrogen) atoms. The fourth-order valence-electron chi connectivity index (χ4n) is 3.79. The van der Waals surface area contributed by atoms with E-state index in [-0.39, 0.29) is 11.0 Å². The predicted molar refractivity (Wildman–Crippen MR) is 138 cm³/mol. The first-order valence-corrected chi connectivity index (χ1v) is 11.9. The van der Waals surface area contributed by atoms with Crippen molar-refractivity contribution in [3.8, 4) is 5.69 Å². The van der Waals surface area contributed by atoms with Gasteiger partial charge in [-0.05, 0) is 56.3 Å². The molecule has 0 N–H and O–H groups in total. The van der Waals surface area contributed by atoms with Crippen LogP contribution in [0.1, 0.15) is 43.5 Å². The zero-order chi connectivity index (χ0) is 23.2. The van der Waals surface area contributed by atoms with Gasteiger partial charge in [0.05, 0.1) is 17.1 Å². The van der Waals surface area contributed by atoms with Crippen LogP contribution in [0, 0.1) is 13.8 Å². The summed E-state index contributed by atoms with van der Waals surface area (Å²) in [6.45, 7) is 10.2. The Morgan fingerprint density at radius 3 is 2.41 bits per heavy atom. The molecule has 0 atom stereocenters. The standard InChI is InChI=1S/C25H24Br2N4O/c1-15-11-17(16(2)30(15)20-8-6-7-18(26)12-20)14-28-31-23(32)21-13-19(27)9-10-22(21)29-24(31)25(3,4)5/h6-14H,1-5H3. The van der Waals surface area contributed by atoms with E-state index in [9.17, 15) is 4.79 Å². The number of benzene rings is 2. The molecule has 0 saturated carbocycles. The summed E-state index contributed by atoms with van der Waals surface area (Å²) in [7, 11) is 0. The molecule has 2 aromatic carbocycles. The van der Waals surface area contributed by atoms with Gasteiger partial charge in [-0.3, -0.25) is 4.79 Å². The molecule has 5 nitrogen and oxygen atoms in total. The van der Waals surface area contributed by atoms with Gasteiger partial charge in [-0.2, -0.15) is 9.78 Å². The molecule has 0 unspecified atom stereocenters. The summed E-state index contributed by atoms with van der Waals surface area (Å²) in [6, 6.07) is 15.8. The van der Waals surface area contributed by atoms with Crippen LogP contribution >= 0.6 is 31.9 Å². The zero-order valence-electron chi connectivity index (χ0n) is 18.6. The lowest BCUT2D eigenvalue weighted by Gasteiger charge is -2.20. The molecule has 7 heteroatoms. The fourth-order valence-corrected chi connectivity index (χ4v) is 4.54. The summed E-state index contributed by atoms with van der Waals surface area (Å²) in [4.78, 5) is 18.1. The summed E-state index contributed by atoms with van der Waals surface area (Å²) in [5, 5.41) is 5.16. The highest BCUT2D eigenvalue weighted by Crippen LogP contribution is 2.24. The number of fused-ring (bicyclic) bond motifs is 1. The number of rotatable bonds is 3. The highest BCUT2D eigenvalue weighted by atomic mass is 79.9. The Kier molecular flexibility index (Phi) is 5.98. The Labute approximate surface area is 204 Å². The van der Waals surface area contributed by atoms with Crippen molar-refractivity contribution in [1.29, 1.82) is 0 Å². The van der Waals surface area contributed by atoms with Crippen molar-refractivity contribution in [1.82, 2.24) is 14.2 Å². The van der Waals surface area contributed by atoms with Crippen molar-refractivity contribution in [2.45, 2.75) is 40.0 Å². The third-order valence-electron chi connectivity index (χ3n) is 5.33. The smallest absolute Gasteiger partial charge is 0.282 e. The number of hydrogen-bond donors (Lipinski definition) is 0. The van der Waals surface area contributed by atoms with Crippen LogP contribution in [0.3, 0.4) is 0 Å². The molecule has 4 rings (SSSR count). The normalized spacial score (nSPS) is 12.2. The van der Waals surface area contributed by atoms with Crippen molar-refractivity contribution >= 4 is 49.0 Å². The number of aryl methyl sites for hydroxylation is 1. The number of halogens is 2. The number of aromatic nitrogens is 3. The average Bonchev–Trinajstić information content (AvgIpc) is 3.00. The van der Waals surface area contributed by atoms with Crippen LogP contribution < -0.4 is 5.56 Å². The van der Waals surface area contributed by atoms with Crippen LogP contribution in [0.2, 0.25) is 0 Å². The van der Waals surface area contributed by atoms with E-state index in [2.05, 4.69) is 73.6 Å². The van der Waals surface area contributed by atoms with E-state index in [4.69, 9.17) is 4.98 Å². The topological polar surface area (TPSA) is 52.2 Å². The SMILES string of the molecule is Cc1cc(C=Nn2c(C(C)(C)C)nc3ccc(Br)cc3c2=O)c(C)n1-c1cccc(Br)c1. The van der Waals surface area contributed by atoms with E-state index in [1.807, 2.05) is 45.0 Å². The molecule has 0 aliphatic heterocycles. The number of hydrogen-bond acceptors (Lipinski definition) is 3. The van der Waals surface area contributed by atoms with Gasteiger partial charge in [-0.1, -0.05) is 58.7 Å². The lowest BCUT2D eigenvalue weighted by Crippen LogP contribution is -2.29. The first-order valence-electron chi connectivity index (χ1n) is 10.3. The van der Waals surface area contributed by atoms with Gasteiger partial charge in [-0.25, -0.2) is 4.98 Å². The highest BCUT2D eigenvalue weighted by Gasteiger charge is 2.23. The van der Waals surface area contributed by atoms with Gasteiger partial charge in [0.25, 0.3) is 5.56 Å². The molecular weight excluding hydrogens is 532 g/mol. The van der Waals surface area contributed by atoms with Gasteiger partial charge in [0, 0.05) is 37.0 Å². The van der Waals surface area contributed by atoms with Crippen LogP contribution in [-0.2, 0) is 5.41 Å². The molecule has 0 amide bonds. The molecular formula is C25H24Br2N4O. The van der Waals surface area contributed by atoms with Gasteiger partial charge in [0.2, 0.25) is 0 Å². The molecule has 164 valence electrons. The summed E-state index contributed by atoms with van der Waals surface area (Å²) in [5.74, 6) is 0.620. The quantitative estimate of drug-likeness (QED) is 0.271. The minimum atomic E-state index is -0.356. The van der Waals surface area contributed by atoms with E-state index >= 15 is 0 Å². The summed E-state index contributed by atoms with van der Waals surface area (Å²) in [6.07, 6.45) is 1.75. The van der Waals surface area contributed by atoms with Crippen LogP contribution in [-0.4, -0.2) is 20.4 Å². The van der Waals surface area contributed by atoms with Crippen LogP contribution in [0.4, 0.5) is 0 Å². The van der Waals surface area contributed by atoms with Gasteiger partial charge in [-0.15, -0.1) is 0 Å². The van der Waals surface area contributed by atoms with E-state index in [0.717, 1.165) is 31.6 Å². The molecule has 0 bridgehead atoms. The van der Waals surface area contributed by atoms with E-state index in [1.165, 1.54) is 4.68 Å². The van der Waals surface area contributed by atoms with Gasteiger partial charge >= 0.3 is 0 Å². The average molecular weight is 556 g/mol. The van der Waals surface area contributed by atoms with Crippen LogP contribution in [0.25, 0.3) is 16.6 Å². The largest absolute Gasteiger partial charge is 0.318 e. The maximum absolute atomic E-state index is 13.4. The lowest BCUT2D eigenvalue weighted by molar-refractivity contribution is 0.506. The molecule has 0 spiro atoms. The second kappa shape index (κ2) is 8.45. The Balaban J connectivity index is 1.87. The second-order valence-electron chi connectivity index (χ2n) is 8.85. The molecule has 0 radical (unpaired) electrons. The maximum Gasteiger partial charge on any atom is 0.282 e. The summed E-state index contributed by atoms with van der Waals surface area (Å²) in [5.41, 5.74) is 4.28. The molecule has 2 heterocycles.